The van der Waals surface area contributed by atoms with Crippen LogP contribution in [0.1, 0.15) is 5.56 Å². The van der Waals surface area contributed by atoms with E-state index in [1.165, 1.54) is 0 Å². The predicted octanol–water partition coefficient (Wildman–Crippen LogP) is 4.62. The molecule has 0 amide bonds. The first kappa shape index (κ1) is 20.2. The van der Waals surface area contributed by atoms with Gasteiger partial charge in [0.25, 0.3) is 0 Å². The second kappa shape index (κ2) is 8.31. The van der Waals surface area contributed by atoms with Gasteiger partial charge in [-0.15, -0.1) is 0 Å². The second-order valence-corrected chi connectivity index (χ2v) is 7.03. The molecule has 3 N–H and O–H groups in total. The Labute approximate surface area is 179 Å². The van der Waals surface area contributed by atoms with Crippen LogP contribution in [0, 0.1) is 0 Å². The van der Waals surface area contributed by atoms with Crippen LogP contribution in [0.3, 0.4) is 0 Å². The standard InChI is InChI=1S/C24H22N2O5/c1-30-19-11-22-24(23(12-19)31-2)20(15-3-7-17(27)8-4-15)13-26(22)14-21(25-29)16-5-9-18(28)10-6-16/h3-13,27-29H,14H2,1-2H3. The number of phenols is 2. The Morgan fingerprint density at radius 3 is 2.13 bits per heavy atom. The monoisotopic (exact) mass is 418 g/mol. The molecule has 0 fully saturated rings. The van der Waals surface area contributed by atoms with Crippen molar-refractivity contribution in [3.8, 4) is 34.1 Å². The van der Waals surface area contributed by atoms with Crippen LogP contribution in [0.2, 0.25) is 0 Å². The lowest BCUT2D eigenvalue weighted by Crippen LogP contribution is -2.11. The average Bonchev–Trinajstić information content (AvgIpc) is 3.16. The van der Waals surface area contributed by atoms with Crippen LogP contribution in [-0.4, -0.2) is 39.9 Å². The van der Waals surface area contributed by atoms with Crippen LogP contribution in [-0.2, 0) is 6.54 Å². The van der Waals surface area contributed by atoms with Crippen LogP contribution >= 0.6 is 0 Å². The molecule has 0 saturated carbocycles. The van der Waals surface area contributed by atoms with E-state index in [0.717, 1.165) is 22.0 Å². The first-order chi connectivity index (χ1) is 15.0. The summed E-state index contributed by atoms with van der Waals surface area (Å²) in [6, 6.07) is 17.1. The van der Waals surface area contributed by atoms with Crippen molar-refractivity contribution in [2.45, 2.75) is 6.54 Å². The van der Waals surface area contributed by atoms with Gasteiger partial charge in [0.05, 0.1) is 26.3 Å². The summed E-state index contributed by atoms with van der Waals surface area (Å²) in [5.74, 6) is 1.59. The van der Waals surface area contributed by atoms with Crippen molar-refractivity contribution in [1.29, 1.82) is 0 Å². The zero-order valence-corrected chi connectivity index (χ0v) is 17.1. The van der Waals surface area contributed by atoms with E-state index in [1.807, 2.05) is 35.0 Å². The maximum atomic E-state index is 9.68. The third kappa shape index (κ3) is 3.85. The zero-order valence-electron chi connectivity index (χ0n) is 17.1. The maximum absolute atomic E-state index is 9.68. The van der Waals surface area contributed by atoms with Gasteiger partial charge in [0.1, 0.15) is 28.7 Å². The van der Waals surface area contributed by atoms with Gasteiger partial charge in [-0.3, -0.25) is 0 Å². The third-order valence-corrected chi connectivity index (χ3v) is 5.19. The third-order valence-electron chi connectivity index (χ3n) is 5.19. The van der Waals surface area contributed by atoms with Gasteiger partial charge < -0.3 is 29.5 Å². The normalized spacial score (nSPS) is 11.6. The van der Waals surface area contributed by atoms with Crippen molar-refractivity contribution in [2.24, 2.45) is 5.16 Å². The number of ether oxygens (including phenoxy) is 2. The molecule has 0 unspecified atom stereocenters. The zero-order chi connectivity index (χ0) is 22.0. The Kier molecular flexibility index (Phi) is 5.41. The summed E-state index contributed by atoms with van der Waals surface area (Å²) >= 11 is 0. The van der Waals surface area contributed by atoms with E-state index >= 15 is 0 Å². The number of aromatic nitrogens is 1. The lowest BCUT2D eigenvalue weighted by atomic mass is 10.0. The summed E-state index contributed by atoms with van der Waals surface area (Å²) in [4.78, 5) is 0. The SMILES string of the molecule is COc1cc(OC)c2c(-c3ccc(O)cc3)cn(CC(=NO)c3ccc(O)cc3)c2c1. The number of hydrogen-bond donors (Lipinski definition) is 3. The number of phenolic OH excluding ortho intramolecular Hbond substituents is 2. The van der Waals surface area contributed by atoms with E-state index in [1.54, 1.807) is 50.6 Å². The summed E-state index contributed by atoms with van der Waals surface area (Å²) in [7, 11) is 3.19. The highest BCUT2D eigenvalue weighted by Crippen LogP contribution is 2.40. The smallest absolute Gasteiger partial charge is 0.132 e. The summed E-state index contributed by atoms with van der Waals surface area (Å²) in [6.07, 6.45) is 1.95. The van der Waals surface area contributed by atoms with Crippen molar-refractivity contribution >= 4 is 16.6 Å². The van der Waals surface area contributed by atoms with Gasteiger partial charge in [0.2, 0.25) is 0 Å². The average molecular weight is 418 g/mol. The highest BCUT2D eigenvalue weighted by atomic mass is 16.5. The quantitative estimate of drug-likeness (QED) is 0.241. The Morgan fingerprint density at radius 1 is 0.903 bits per heavy atom. The van der Waals surface area contributed by atoms with Crippen molar-refractivity contribution in [3.05, 3.63) is 72.4 Å². The number of rotatable bonds is 6. The van der Waals surface area contributed by atoms with E-state index in [4.69, 9.17) is 9.47 Å². The van der Waals surface area contributed by atoms with Gasteiger partial charge >= 0.3 is 0 Å². The molecule has 1 aromatic heterocycles. The molecule has 0 spiro atoms. The molecule has 31 heavy (non-hydrogen) atoms. The van der Waals surface area contributed by atoms with E-state index in [2.05, 4.69) is 5.16 Å². The van der Waals surface area contributed by atoms with Crippen LogP contribution in [0.25, 0.3) is 22.0 Å². The predicted molar refractivity (Wildman–Crippen MR) is 119 cm³/mol. The fourth-order valence-corrected chi connectivity index (χ4v) is 3.63. The molecule has 0 radical (unpaired) electrons. The minimum atomic E-state index is 0.136. The molecule has 0 aliphatic heterocycles. The van der Waals surface area contributed by atoms with Crippen molar-refractivity contribution < 1.29 is 24.9 Å². The number of oxime groups is 1. The molecule has 158 valence electrons. The first-order valence-corrected chi connectivity index (χ1v) is 9.58. The minimum Gasteiger partial charge on any atom is -0.508 e. The van der Waals surface area contributed by atoms with Gasteiger partial charge in [-0.2, -0.15) is 0 Å². The van der Waals surface area contributed by atoms with E-state index in [-0.39, 0.29) is 18.0 Å². The van der Waals surface area contributed by atoms with Gasteiger partial charge in [-0.1, -0.05) is 17.3 Å². The minimum absolute atomic E-state index is 0.136. The Morgan fingerprint density at radius 2 is 1.55 bits per heavy atom. The van der Waals surface area contributed by atoms with Crippen molar-refractivity contribution in [2.75, 3.05) is 14.2 Å². The Balaban J connectivity index is 1.90. The largest absolute Gasteiger partial charge is 0.508 e. The van der Waals surface area contributed by atoms with Gasteiger partial charge in [-0.25, -0.2) is 0 Å². The highest BCUT2D eigenvalue weighted by Gasteiger charge is 2.18. The summed E-state index contributed by atoms with van der Waals surface area (Å²) in [5.41, 5.74) is 3.74. The van der Waals surface area contributed by atoms with E-state index < -0.39 is 0 Å². The van der Waals surface area contributed by atoms with Crippen LogP contribution < -0.4 is 9.47 Å². The van der Waals surface area contributed by atoms with Gasteiger partial charge in [0, 0.05) is 34.8 Å². The number of fused-ring (bicyclic) bond motifs is 1. The first-order valence-electron chi connectivity index (χ1n) is 9.58. The molecule has 0 bridgehead atoms. The molecule has 0 aliphatic carbocycles. The molecule has 4 rings (SSSR count). The summed E-state index contributed by atoms with van der Waals surface area (Å²) in [5, 5.41) is 33.3. The maximum Gasteiger partial charge on any atom is 0.132 e. The summed E-state index contributed by atoms with van der Waals surface area (Å²) in [6.45, 7) is 0.270. The number of benzene rings is 3. The van der Waals surface area contributed by atoms with E-state index in [0.29, 0.717) is 22.8 Å². The number of nitrogens with zero attached hydrogens (tertiary/aromatic N) is 2. The molecule has 0 atom stereocenters. The van der Waals surface area contributed by atoms with Crippen molar-refractivity contribution in [3.63, 3.8) is 0 Å². The fourth-order valence-electron chi connectivity index (χ4n) is 3.63. The van der Waals surface area contributed by atoms with Crippen molar-refractivity contribution in [1.82, 2.24) is 4.57 Å². The van der Waals surface area contributed by atoms with Crippen LogP contribution in [0.15, 0.2) is 72.0 Å². The molecule has 7 nitrogen and oxygen atoms in total. The number of hydrogen-bond acceptors (Lipinski definition) is 6. The molecule has 0 aliphatic rings. The molecule has 0 saturated heterocycles. The van der Waals surface area contributed by atoms with Gasteiger partial charge in [-0.05, 0) is 42.0 Å². The Bertz CT molecular complexity index is 1240. The summed E-state index contributed by atoms with van der Waals surface area (Å²) < 4.78 is 13.0. The molecule has 3 aromatic carbocycles. The Hall–Kier alpha value is -4.13. The van der Waals surface area contributed by atoms with E-state index in [9.17, 15) is 15.4 Å². The van der Waals surface area contributed by atoms with Crippen LogP contribution in [0.5, 0.6) is 23.0 Å². The lowest BCUT2D eigenvalue weighted by molar-refractivity contribution is 0.317. The van der Waals surface area contributed by atoms with Crippen LogP contribution in [0.4, 0.5) is 0 Å². The van der Waals surface area contributed by atoms with Gasteiger partial charge in [0.15, 0.2) is 0 Å². The molecule has 4 aromatic rings. The number of aromatic hydroxyl groups is 2. The fraction of sp³-hybridized carbons (Fsp3) is 0.125. The second-order valence-electron chi connectivity index (χ2n) is 7.03. The molecule has 7 heteroatoms. The molecular formula is C24H22N2O5. The lowest BCUT2D eigenvalue weighted by Gasteiger charge is -2.11. The topological polar surface area (TPSA) is 96.4 Å². The molecule has 1 heterocycles. The highest BCUT2D eigenvalue weighted by molar-refractivity contribution is 6.04. The number of methoxy groups -OCH3 is 2. The molecular weight excluding hydrogens is 396 g/mol.